The van der Waals surface area contributed by atoms with Crippen molar-refractivity contribution in [3.63, 3.8) is 0 Å². The first-order valence-corrected chi connectivity index (χ1v) is 9.27. The summed E-state index contributed by atoms with van der Waals surface area (Å²) in [4.78, 5) is 9.18. The van der Waals surface area contributed by atoms with Crippen molar-refractivity contribution in [3.8, 4) is 11.3 Å². The Labute approximate surface area is 147 Å². The molecule has 0 aromatic carbocycles. The van der Waals surface area contributed by atoms with Gasteiger partial charge in [-0.2, -0.15) is 0 Å². The molecule has 2 heterocycles. The molecule has 2 aliphatic carbocycles. The highest BCUT2D eigenvalue weighted by atomic mass is 35.5. The Morgan fingerprint density at radius 1 is 1.08 bits per heavy atom. The van der Waals surface area contributed by atoms with Crippen LogP contribution < -0.4 is 5.73 Å². The molecule has 2 aliphatic rings. The minimum absolute atomic E-state index is 0.366. The third kappa shape index (κ3) is 3.62. The number of nitrogens with zero attached hydrogens (tertiary/aromatic N) is 3. The lowest BCUT2D eigenvalue weighted by molar-refractivity contribution is 0.321. The predicted molar refractivity (Wildman–Crippen MR) is 92.6 cm³/mol. The van der Waals surface area contributed by atoms with E-state index in [1.54, 1.807) is 12.5 Å². The standard InChI is InChI=1S/C18H23ClN4O/c19-15-9-21-17(8-12-3-5-13(20)6-4-12)22-18(15)14-10-24-23-16(14)7-11-1-2-11/h9-13H,1-8,20H2. The van der Waals surface area contributed by atoms with E-state index < -0.39 is 0 Å². The summed E-state index contributed by atoms with van der Waals surface area (Å²) in [7, 11) is 0. The summed E-state index contributed by atoms with van der Waals surface area (Å²) in [6, 6.07) is 0.366. The van der Waals surface area contributed by atoms with Gasteiger partial charge in [-0.25, -0.2) is 9.97 Å². The van der Waals surface area contributed by atoms with Gasteiger partial charge < -0.3 is 10.3 Å². The summed E-state index contributed by atoms with van der Waals surface area (Å²) in [5.74, 6) is 2.21. The zero-order chi connectivity index (χ0) is 16.5. The number of nitrogens with two attached hydrogens (primary N) is 1. The number of halogens is 1. The maximum Gasteiger partial charge on any atom is 0.133 e. The lowest BCUT2D eigenvalue weighted by Gasteiger charge is -2.25. The van der Waals surface area contributed by atoms with Crippen LogP contribution in [0.2, 0.25) is 5.02 Å². The van der Waals surface area contributed by atoms with E-state index in [1.165, 1.54) is 12.8 Å². The monoisotopic (exact) mass is 346 g/mol. The van der Waals surface area contributed by atoms with Crippen LogP contribution in [0.3, 0.4) is 0 Å². The Morgan fingerprint density at radius 2 is 1.79 bits per heavy atom. The molecule has 6 heteroatoms. The van der Waals surface area contributed by atoms with Crippen molar-refractivity contribution in [2.45, 2.75) is 57.4 Å². The van der Waals surface area contributed by atoms with Gasteiger partial charge in [-0.15, -0.1) is 0 Å². The molecular formula is C18H23ClN4O. The van der Waals surface area contributed by atoms with Crippen molar-refractivity contribution in [2.24, 2.45) is 17.6 Å². The first kappa shape index (κ1) is 16.0. The minimum atomic E-state index is 0.366. The SMILES string of the molecule is NC1CCC(Cc2ncc(Cl)c(-c3conc3CC3CC3)n2)CC1. The average Bonchev–Trinajstić information content (AvgIpc) is 3.28. The van der Waals surface area contributed by atoms with Crippen LogP contribution in [0.15, 0.2) is 17.0 Å². The van der Waals surface area contributed by atoms with Crippen LogP contribution in [0.4, 0.5) is 0 Å². The Balaban J connectivity index is 1.54. The molecule has 0 amide bonds. The molecule has 4 rings (SSSR count). The molecule has 0 radical (unpaired) electrons. The van der Waals surface area contributed by atoms with Gasteiger partial charge in [0.2, 0.25) is 0 Å². The van der Waals surface area contributed by atoms with E-state index in [-0.39, 0.29) is 0 Å². The number of hydrogen-bond donors (Lipinski definition) is 1. The zero-order valence-corrected chi connectivity index (χ0v) is 14.5. The Kier molecular flexibility index (Phi) is 4.55. The maximum atomic E-state index is 6.36. The van der Waals surface area contributed by atoms with Crippen molar-refractivity contribution in [1.29, 1.82) is 0 Å². The highest BCUT2D eigenvalue weighted by Crippen LogP contribution is 2.36. The van der Waals surface area contributed by atoms with Crippen LogP contribution in [-0.4, -0.2) is 21.2 Å². The lowest BCUT2D eigenvalue weighted by Crippen LogP contribution is -2.27. The van der Waals surface area contributed by atoms with Crippen molar-refractivity contribution in [1.82, 2.24) is 15.1 Å². The van der Waals surface area contributed by atoms with Crippen molar-refractivity contribution in [3.05, 3.63) is 29.0 Å². The van der Waals surface area contributed by atoms with Gasteiger partial charge in [-0.3, -0.25) is 0 Å². The third-order valence-corrected chi connectivity index (χ3v) is 5.51. The largest absolute Gasteiger partial charge is 0.364 e. The van der Waals surface area contributed by atoms with Gasteiger partial charge in [0, 0.05) is 18.7 Å². The zero-order valence-electron chi connectivity index (χ0n) is 13.7. The van der Waals surface area contributed by atoms with Crippen LogP contribution in [-0.2, 0) is 12.8 Å². The molecule has 0 saturated heterocycles. The summed E-state index contributed by atoms with van der Waals surface area (Å²) in [5.41, 5.74) is 8.63. The van der Waals surface area contributed by atoms with E-state index in [9.17, 15) is 0 Å². The van der Waals surface area contributed by atoms with Gasteiger partial charge in [0.25, 0.3) is 0 Å². The predicted octanol–water partition coefficient (Wildman–Crippen LogP) is 3.80. The summed E-state index contributed by atoms with van der Waals surface area (Å²) in [6.07, 6.45) is 12.3. The molecule has 0 aliphatic heterocycles. The molecule has 0 bridgehead atoms. The molecule has 24 heavy (non-hydrogen) atoms. The first-order valence-electron chi connectivity index (χ1n) is 8.89. The van der Waals surface area contributed by atoms with Crippen LogP contribution in [0.25, 0.3) is 11.3 Å². The van der Waals surface area contributed by atoms with E-state index >= 15 is 0 Å². The molecule has 0 unspecified atom stereocenters. The van der Waals surface area contributed by atoms with Gasteiger partial charge in [0.1, 0.15) is 12.1 Å². The molecule has 0 spiro atoms. The van der Waals surface area contributed by atoms with Crippen LogP contribution in [0, 0.1) is 11.8 Å². The van der Waals surface area contributed by atoms with Crippen LogP contribution in [0.1, 0.15) is 50.0 Å². The summed E-state index contributed by atoms with van der Waals surface area (Å²) >= 11 is 6.36. The number of aromatic nitrogens is 3. The fraction of sp³-hybridized carbons (Fsp3) is 0.611. The highest BCUT2D eigenvalue weighted by Gasteiger charge is 2.26. The molecule has 0 atom stereocenters. The van der Waals surface area contributed by atoms with Crippen molar-refractivity contribution < 1.29 is 4.52 Å². The average molecular weight is 347 g/mol. The maximum absolute atomic E-state index is 6.36. The first-order chi connectivity index (χ1) is 11.7. The smallest absolute Gasteiger partial charge is 0.133 e. The van der Waals surface area contributed by atoms with E-state index in [0.717, 1.165) is 67.2 Å². The molecule has 2 fully saturated rings. The number of hydrogen-bond acceptors (Lipinski definition) is 5. The Morgan fingerprint density at radius 3 is 2.54 bits per heavy atom. The van der Waals surface area contributed by atoms with Crippen molar-refractivity contribution in [2.75, 3.05) is 0 Å². The van der Waals surface area contributed by atoms with Gasteiger partial charge in [0.15, 0.2) is 0 Å². The topological polar surface area (TPSA) is 77.8 Å². The van der Waals surface area contributed by atoms with Gasteiger partial charge >= 0.3 is 0 Å². The lowest BCUT2D eigenvalue weighted by atomic mass is 9.84. The normalized spacial score (nSPS) is 24.2. The third-order valence-electron chi connectivity index (χ3n) is 5.24. The summed E-state index contributed by atoms with van der Waals surface area (Å²) < 4.78 is 5.20. The quantitative estimate of drug-likeness (QED) is 0.890. The molecule has 5 nitrogen and oxygen atoms in total. The van der Waals surface area contributed by atoms with Crippen molar-refractivity contribution >= 4 is 11.6 Å². The fourth-order valence-corrected chi connectivity index (χ4v) is 3.73. The highest BCUT2D eigenvalue weighted by molar-refractivity contribution is 6.32. The van der Waals surface area contributed by atoms with Crippen LogP contribution >= 0.6 is 11.6 Å². The second kappa shape index (κ2) is 6.81. The Bertz CT molecular complexity index is 705. The van der Waals surface area contributed by atoms with Gasteiger partial charge in [-0.05, 0) is 56.8 Å². The summed E-state index contributed by atoms with van der Waals surface area (Å²) in [5, 5.41) is 4.72. The molecule has 2 saturated carbocycles. The van der Waals surface area contributed by atoms with E-state index in [2.05, 4.69) is 10.1 Å². The second-order valence-corrected chi connectivity index (χ2v) is 7.70. The summed E-state index contributed by atoms with van der Waals surface area (Å²) in [6.45, 7) is 0. The van der Waals surface area contributed by atoms with Gasteiger partial charge in [0.05, 0.1) is 22.0 Å². The van der Waals surface area contributed by atoms with E-state index in [4.69, 9.17) is 26.8 Å². The fourth-order valence-electron chi connectivity index (χ4n) is 3.54. The van der Waals surface area contributed by atoms with Gasteiger partial charge in [-0.1, -0.05) is 16.8 Å². The van der Waals surface area contributed by atoms with E-state index in [1.807, 2.05) is 0 Å². The molecule has 128 valence electrons. The minimum Gasteiger partial charge on any atom is -0.364 e. The number of rotatable bonds is 5. The molecule has 2 aromatic heterocycles. The molecule has 2 N–H and O–H groups in total. The second-order valence-electron chi connectivity index (χ2n) is 7.29. The molecule has 2 aromatic rings. The van der Waals surface area contributed by atoms with E-state index in [0.29, 0.717) is 17.0 Å². The van der Waals surface area contributed by atoms with Crippen LogP contribution in [0.5, 0.6) is 0 Å². The Hall–Kier alpha value is -1.46. The molecular weight excluding hydrogens is 324 g/mol.